The van der Waals surface area contributed by atoms with Crippen LogP contribution >= 0.6 is 0 Å². The first-order chi connectivity index (χ1) is 9.30. The highest BCUT2D eigenvalue weighted by atomic mass is 16.3. The van der Waals surface area contributed by atoms with Crippen molar-refractivity contribution >= 4 is 0 Å². The molecule has 1 fully saturated rings. The van der Waals surface area contributed by atoms with Crippen LogP contribution in [0.15, 0.2) is 12.3 Å². The van der Waals surface area contributed by atoms with Crippen molar-refractivity contribution in [1.82, 2.24) is 9.78 Å². The summed E-state index contributed by atoms with van der Waals surface area (Å²) >= 11 is 0. The van der Waals surface area contributed by atoms with Crippen LogP contribution in [0.3, 0.4) is 0 Å². The van der Waals surface area contributed by atoms with Crippen LogP contribution in [0.2, 0.25) is 0 Å². The topological polar surface area (TPSA) is 38.0 Å². The minimum absolute atomic E-state index is 0.368. The lowest BCUT2D eigenvalue weighted by Crippen LogP contribution is -2.29. The Morgan fingerprint density at radius 1 is 1.35 bits per heavy atom. The smallest absolute Gasteiger partial charge is 0.0651 e. The maximum atomic E-state index is 10.9. The molecule has 3 heteroatoms. The van der Waals surface area contributed by atoms with Crippen LogP contribution in [-0.4, -0.2) is 20.5 Å². The molecular formula is C17H30N2O. The van der Waals surface area contributed by atoms with E-state index < -0.39 is 5.60 Å². The summed E-state index contributed by atoms with van der Waals surface area (Å²) in [6.07, 6.45) is 9.11. The Hall–Kier alpha value is -0.830. The first-order valence-electron chi connectivity index (χ1n) is 7.99. The quantitative estimate of drug-likeness (QED) is 0.856. The number of rotatable bonds is 3. The Bertz CT molecular complexity index is 432. The minimum atomic E-state index is -0.468. The van der Waals surface area contributed by atoms with E-state index in [1.165, 1.54) is 12.1 Å². The van der Waals surface area contributed by atoms with Crippen molar-refractivity contribution in [2.45, 2.75) is 71.3 Å². The van der Waals surface area contributed by atoms with Crippen molar-refractivity contribution in [3.8, 4) is 0 Å². The second-order valence-electron chi connectivity index (χ2n) is 7.66. The molecule has 0 aromatic carbocycles. The van der Waals surface area contributed by atoms with Crippen LogP contribution in [-0.2, 0) is 13.5 Å². The zero-order valence-electron chi connectivity index (χ0n) is 13.5. The molecule has 1 aromatic heterocycles. The summed E-state index contributed by atoms with van der Waals surface area (Å²) in [4.78, 5) is 0. The Balaban J connectivity index is 1.92. The SMILES string of the molecule is Cn1nccc1CCC1(O)CCCC(C(C)(C)C)CC1. The minimum Gasteiger partial charge on any atom is -0.390 e. The number of hydrogen-bond donors (Lipinski definition) is 1. The standard InChI is InChI=1S/C17H30N2O/c1-16(2,3)14-6-5-10-17(20,11-7-14)12-8-15-9-13-18-19(15)4/h9,13-14,20H,5-8,10-12H2,1-4H3. The van der Waals surface area contributed by atoms with E-state index in [1.807, 2.05) is 17.9 Å². The lowest BCUT2D eigenvalue weighted by molar-refractivity contribution is 0.0138. The number of aryl methyl sites for hydroxylation is 2. The number of hydrogen-bond acceptors (Lipinski definition) is 2. The first-order valence-corrected chi connectivity index (χ1v) is 7.99. The zero-order chi connectivity index (χ0) is 14.8. The Labute approximate surface area is 123 Å². The van der Waals surface area contributed by atoms with E-state index in [1.54, 1.807) is 0 Å². The summed E-state index contributed by atoms with van der Waals surface area (Å²) in [6.45, 7) is 6.99. The Morgan fingerprint density at radius 3 is 2.70 bits per heavy atom. The van der Waals surface area contributed by atoms with E-state index >= 15 is 0 Å². The van der Waals surface area contributed by atoms with Crippen LogP contribution in [0.4, 0.5) is 0 Å². The van der Waals surface area contributed by atoms with E-state index in [0.29, 0.717) is 5.41 Å². The predicted octanol–water partition coefficient (Wildman–Crippen LogP) is 3.71. The summed E-state index contributed by atoms with van der Waals surface area (Å²) in [5.74, 6) is 0.744. The normalized spacial score (nSPS) is 28.4. The van der Waals surface area contributed by atoms with Gasteiger partial charge in [0.1, 0.15) is 0 Å². The number of aromatic nitrogens is 2. The molecule has 1 aromatic rings. The van der Waals surface area contributed by atoms with Gasteiger partial charge in [0.2, 0.25) is 0 Å². The molecule has 1 aliphatic rings. The first kappa shape index (κ1) is 15.6. The summed E-state index contributed by atoms with van der Waals surface area (Å²) in [7, 11) is 1.97. The predicted molar refractivity (Wildman–Crippen MR) is 82.5 cm³/mol. The molecule has 0 radical (unpaired) electrons. The molecule has 114 valence electrons. The van der Waals surface area contributed by atoms with Crippen LogP contribution < -0.4 is 0 Å². The second-order valence-corrected chi connectivity index (χ2v) is 7.66. The average molecular weight is 278 g/mol. The van der Waals surface area contributed by atoms with Gasteiger partial charge in [0.25, 0.3) is 0 Å². The highest BCUT2D eigenvalue weighted by Crippen LogP contribution is 2.40. The van der Waals surface area contributed by atoms with Crippen molar-refractivity contribution < 1.29 is 5.11 Å². The lowest BCUT2D eigenvalue weighted by atomic mass is 9.76. The lowest BCUT2D eigenvalue weighted by Gasteiger charge is -2.31. The second kappa shape index (κ2) is 5.88. The van der Waals surface area contributed by atoms with Gasteiger partial charge in [-0.1, -0.05) is 27.2 Å². The highest BCUT2D eigenvalue weighted by molar-refractivity contribution is 5.01. The summed E-state index contributed by atoms with van der Waals surface area (Å²) < 4.78 is 1.91. The molecule has 2 rings (SSSR count). The maximum Gasteiger partial charge on any atom is 0.0651 e. The molecule has 0 spiro atoms. The third-order valence-electron chi connectivity index (χ3n) is 5.15. The molecule has 2 unspecified atom stereocenters. The van der Waals surface area contributed by atoms with Crippen molar-refractivity contribution in [2.24, 2.45) is 18.4 Å². The maximum absolute atomic E-state index is 10.9. The van der Waals surface area contributed by atoms with E-state index in [-0.39, 0.29) is 0 Å². The van der Waals surface area contributed by atoms with Gasteiger partial charge in [-0.05, 0) is 55.9 Å². The molecular weight excluding hydrogens is 248 g/mol. The van der Waals surface area contributed by atoms with E-state index in [0.717, 1.165) is 44.4 Å². The van der Waals surface area contributed by atoms with Gasteiger partial charge < -0.3 is 5.11 Å². The fourth-order valence-corrected chi connectivity index (χ4v) is 3.51. The summed E-state index contributed by atoms with van der Waals surface area (Å²) in [5, 5.41) is 15.1. The van der Waals surface area contributed by atoms with E-state index in [9.17, 15) is 5.11 Å². The molecule has 20 heavy (non-hydrogen) atoms. The van der Waals surface area contributed by atoms with Gasteiger partial charge in [0.15, 0.2) is 0 Å². The third-order valence-corrected chi connectivity index (χ3v) is 5.15. The molecule has 2 atom stereocenters. The third kappa shape index (κ3) is 3.85. The number of nitrogens with zero attached hydrogens (tertiary/aromatic N) is 2. The van der Waals surface area contributed by atoms with E-state index in [2.05, 4.69) is 31.9 Å². The Morgan fingerprint density at radius 2 is 2.10 bits per heavy atom. The fourth-order valence-electron chi connectivity index (χ4n) is 3.51. The summed E-state index contributed by atoms with van der Waals surface area (Å²) in [6, 6.07) is 2.05. The van der Waals surface area contributed by atoms with Gasteiger partial charge in [-0.2, -0.15) is 5.10 Å². The molecule has 1 heterocycles. The molecule has 1 aliphatic carbocycles. The highest BCUT2D eigenvalue weighted by Gasteiger charge is 2.34. The van der Waals surface area contributed by atoms with Crippen molar-refractivity contribution in [1.29, 1.82) is 0 Å². The van der Waals surface area contributed by atoms with Crippen molar-refractivity contribution in [2.75, 3.05) is 0 Å². The largest absolute Gasteiger partial charge is 0.390 e. The molecule has 0 aliphatic heterocycles. The molecule has 1 saturated carbocycles. The monoisotopic (exact) mass is 278 g/mol. The average Bonchev–Trinajstić information content (AvgIpc) is 2.64. The fraction of sp³-hybridized carbons (Fsp3) is 0.824. The van der Waals surface area contributed by atoms with Gasteiger partial charge >= 0.3 is 0 Å². The van der Waals surface area contributed by atoms with Gasteiger partial charge in [0, 0.05) is 18.9 Å². The van der Waals surface area contributed by atoms with Gasteiger partial charge in [-0.25, -0.2) is 0 Å². The summed E-state index contributed by atoms with van der Waals surface area (Å²) in [5.41, 5.74) is 1.12. The van der Waals surface area contributed by atoms with E-state index in [4.69, 9.17) is 0 Å². The molecule has 1 N–H and O–H groups in total. The van der Waals surface area contributed by atoms with Crippen LogP contribution in [0.25, 0.3) is 0 Å². The molecule has 3 nitrogen and oxygen atoms in total. The zero-order valence-corrected chi connectivity index (χ0v) is 13.5. The van der Waals surface area contributed by atoms with Crippen LogP contribution in [0, 0.1) is 11.3 Å². The molecule has 0 amide bonds. The number of aliphatic hydroxyl groups is 1. The van der Waals surface area contributed by atoms with Gasteiger partial charge in [0.05, 0.1) is 5.60 Å². The molecule has 0 bridgehead atoms. The van der Waals surface area contributed by atoms with Gasteiger partial charge in [-0.15, -0.1) is 0 Å². The van der Waals surface area contributed by atoms with Crippen molar-refractivity contribution in [3.63, 3.8) is 0 Å². The van der Waals surface area contributed by atoms with Crippen LogP contribution in [0.1, 0.15) is 65.0 Å². The van der Waals surface area contributed by atoms with Gasteiger partial charge in [-0.3, -0.25) is 4.68 Å². The Kier molecular flexibility index (Phi) is 4.58. The molecule has 0 saturated heterocycles. The van der Waals surface area contributed by atoms with Crippen molar-refractivity contribution in [3.05, 3.63) is 18.0 Å². The van der Waals surface area contributed by atoms with Crippen LogP contribution in [0.5, 0.6) is 0 Å².